The summed E-state index contributed by atoms with van der Waals surface area (Å²) in [6.07, 6.45) is 0.927. The Morgan fingerprint density at radius 3 is 2.54 bits per heavy atom. The molecule has 0 N–H and O–H groups in total. The Morgan fingerprint density at radius 1 is 1.07 bits per heavy atom. The summed E-state index contributed by atoms with van der Waals surface area (Å²) in [4.78, 5) is 25.1. The summed E-state index contributed by atoms with van der Waals surface area (Å²) >= 11 is 0. The van der Waals surface area contributed by atoms with Crippen molar-refractivity contribution in [2.45, 2.75) is 33.2 Å². The summed E-state index contributed by atoms with van der Waals surface area (Å²) in [5.74, 6) is 0.170. The van der Waals surface area contributed by atoms with Crippen LogP contribution in [0, 0.1) is 0 Å². The van der Waals surface area contributed by atoms with Gasteiger partial charge in [0.2, 0.25) is 0 Å². The molecular formula is C22H24N2O4. The van der Waals surface area contributed by atoms with Crippen molar-refractivity contribution in [1.29, 1.82) is 0 Å². The molecule has 28 heavy (non-hydrogen) atoms. The summed E-state index contributed by atoms with van der Waals surface area (Å²) in [6.45, 7) is 6.09. The molecule has 146 valence electrons. The van der Waals surface area contributed by atoms with Gasteiger partial charge in [0.25, 0.3) is 5.56 Å². The van der Waals surface area contributed by atoms with E-state index in [4.69, 9.17) is 9.47 Å². The fraction of sp³-hybridized carbons (Fsp3) is 0.318. The van der Waals surface area contributed by atoms with Crippen LogP contribution in [0.15, 0.2) is 53.3 Å². The fourth-order valence-corrected chi connectivity index (χ4v) is 2.92. The van der Waals surface area contributed by atoms with Crippen LogP contribution in [0.1, 0.15) is 42.9 Å². The van der Waals surface area contributed by atoms with Crippen molar-refractivity contribution in [1.82, 2.24) is 9.78 Å². The number of aryl methyl sites for hydroxylation is 1. The summed E-state index contributed by atoms with van der Waals surface area (Å²) in [5.41, 5.74) is 1.10. The van der Waals surface area contributed by atoms with Crippen molar-refractivity contribution >= 4 is 16.7 Å². The Hall–Kier alpha value is -3.15. The van der Waals surface area contributed by atoms with Crippen LogP contribution in [0.5, 0.6) is 5.75 Å². The van der Waals surface area contributed by atoms with E-state index in [0.29, 0.717) is 10.8 Å². The lowest BCUT2D eigenvalue weighted by atomic mass is 10.1. The number of esters is 1. The number of fused-ring (bicyclic) bond motifs is 1. The van der Waals surface area contributed by atoms with Crippen molar-refractivity contribution in [2.24, 2.45) is 0 Å². The monoisotopic (exact) mass is 380 g/mol. The van der Waals surface area contributed by atoms with Crippen LogP contribution in [-0.4, -0.2) is 29.0 Å². The lowest BCUT2D eigenvalue weighted by Crippen LogP contribution is -2.28. The van der Waals surface area contributed by atoms with Crippen molar-refractivity contribution < 1.29 is 14.3 Å². The molecule has 1 heterocycles. The van der Waals surface area contributed by atoms with E-state index in [0.717, 1.165) is 12.2 Å². The average molecular weight is 380 g/mol. The minimum atomic E-state index is -0.573. The van der Waals surface area contributed by atoms with Crippen LogP contribution >= 0.6 is 0 Å². The Bertz CT molecular complexity index is 1040. The van der Waals surface area contributed by atoms with Gasteiger partial charge < -0.3 is 9.47 Å². The fourth-order valence-electron chi connectivity index (χ4n) is 2.92. The van der Waals surface area contributed by atoms with Gasteiger partial charge in [-0.3, -0.25) is 4.79 Å². The van der Waals surface area contributed by atoms with E-state index in [-0.39, 0.29) is 30.5 Å². The van der Waals surface area contributed by atoms with Crippen LogP contribution in [0.25, 0.3) is 10.8 Å². The molecule has 2 aromatic carbocycles. The van der Waals surface area contributed by atoms with Gasteiger partial charge in [-0.1, -0.05) is 37.3 Å². The zero-order chi connectivity index (χ0) is 20.1. The molecule has 0 aliphatic carbocycles. The quantitative estimate of drug-likeness (QED) is 0.461. The first-order valence-corrected chi connectivity index (χ1v) is 9.41. The maximum absolute atomic E-state index is 12.6. The zero-order valence-corrected chi connectivity index (χ0v) is 16.3. The smallest absolute Gasteiger partial charge is 0.359 e. The second-order valence-electron chi connectivity index (χ2n) is 6.72. The van der Waals surface area contributed by atoms with Crippen molar-refractivity contribution in [3.05, 3.63) is 70.1 Å². The Labute approximate surface area is 163 Å². The maximum Gasteiger partial charge on any atom is 0.359 e. The molecule has 1 aromatic heterocycles. The highest BCUT2D eigenvalue weighted by Crippen LogP contribution is 2.16. The zero-order valence-electron chi connectivity index (χ0n) is 16.3. The molecular weight excluding hydrogens is 356 g/mol. The first kappa shape index (κ1) is 19.6. The number of nitrogens with zero attached hydrogens (tertiary/aromatic N) is 2. The molecule has 0 aliphatic heterocycles. The highest BCUT2D eigenvalue weighted by Gasteiger charge is 2.18. The lowest BCUT2D eigenvalue weighted by Gasteiger charge is -2.13. The largest absolute Gasteiger partial charge is 0.490 e. The number of rotatable bonds is 7. The van der Waals surface area contributed by atoms with E-state index in [9.17, 15) is 9.59 Å². The van der Waals surface area contributed by atoms with Gasteiger partial charge >= 0.3 is 5.97 Å². The van der Waals surface area contributed by atoms with E-state index in [2.05, 4.69) is 12.0 Å². The van der Waals surface area contributed by atoms with Gasteiger partial charge in [-0.2, -0.15) is 5.10 Å². The normalized spacial score (nSPS) is 11.0. The predicted octanol–water partition coefficient (Wildman–Crippen LogP) is 3.78. The van der Waals surface area contributed by atoms with Crippen LogP contribution in [-0.2, 0) is 11.2 Å². The third kappa shape index (κ3) is 4.22. The van der Waals surface area contributed by atoms with Crippen LogP contribution in [0.3, 0.4) is 0 Å². The van der Waals surface area contributed by atoms with E-state index in [1.54, 1.807) is 24.3 Å². The van der Waals surface area contributed by atoms with Crippen LogP contribution < -0.4 is 10.3 Å². The van der Waals surface area contributed by atoms with E-state index >= 15 is 0 Å². The molecule has 6 heteroatoms. The number of hydrogen-bond donors (Lipinski definition) is 0. The van der Waals surface area contributed by atoms with Gasteiger partial charge in [0, 0.05) is 5.39 Å². The number of hydrogen-bond acceptors (Lipinski definition) is 5. The molecule has 0 amide bonds. The van der Waals surface area contributed by atoms with E-state index < -0.39 is 5.97 Å². The van der Waals surface area contributed by atoms with Crippen molar-refractivity contribution in [2.75, 3.05) is 13.2 Å². The van der Waals surface area contributed by atoms with Crippen molar-refractivity contribution in [3.63, 3.8) is 0 Å². The molecule has 3 aromatic rings. The van der Waals surface area contributed by atoms with Gasteiger partial charge in [-0.25, -0.2) is 9.48 Å². The number of carbonyl (C=O) groups excluding carboxylic acids is 1. The number of aromatic nitrogens is 2. The van der Waals surface area contributed by atoms with E-state index in [1.807, 2.05) is 38.1 Å². The molecule has 0 saturated heterocycles. The van der Waals surface area contributed by atoms with E-state index in [1.165, 1.54) is 10.2 Å². The molecule has 0 atom stereocenters. The first-order chi connectivity index (χ1) is 13.5. The molecule has 3 rings (SSSR count). The third-order valence-corrected chi connectivity index (χ3v) is 4.40. The molecule has 6 nitrogen and oxygen atoms in total. The molecule has 0 aliphatic rings. The molecule has 0 radical (unpaired) electrons. The second kappa shape index (κ2) is 8.69. The highest BCUT2D eigenvalue weighted by molar-refractivity contribution is 6.02. The topological polar surface area (TPSA) is 70.4 Å². The summed E-state index contributed by atoms with van der Waals surface area (Å²) in [7, 11) is 0. The standard InChI is InChI=1S/C22H24N2O4/c1-4-16-8-7-9-17(14-16)27-12-13-28-22(26)20-18-10-5-6-11-19(18)21(25)24(23-20)15(2)3/h5-11,14-15H,4,12-13H2,1-3H3. The number of ether oxygens (including phenoxy) is 2. The van der Waals surface area contributed by atoms with Gasteiger partial charge in [-0.15, -0.1) is 0 Å². The summed E-state index contributed by atoms with van der Waals surface area (Å²) < 4.78 is 12.3. The Morgan fingerprint density at radius 2 is 1.82 bits per heavy atom. The van der Waals surface area contributed by atoms with Crippen LogP contribution in [0.4, 0.5) is 0 Å². The second-order valence-corrected chi connectivity index (χ2v) is 6.72. The predicted molar refractivity (Wildman–Crippen MR) is 108 cm³/mol. The number of carbonyl (C=O) groups is 1. The summed E-state index contributed by atoms with van der Waals surface area (Å²) in [6, 6.07) is 14.6. The Kier molecular flexibility index (Phi) is 6.09. The SMILES string of the molecule is CCc1cccc(OCCOC(=O)c2nn(C(C)C)c(=O)c3ccccc23)c1. The molecule has 0 spiro atoms. The lowest BCUT2D eigenvalue weighted by molar-refractivity contribution is 0.0443. The minimum Gasteiger partial charge on any atom is -0.490 e. The van der Waals surface area contributed by atoms with Gasteiger partial charge in [-0.05, 0) is 44.0 Å². The van der Waals surface area contributed by atoms with Crippen molar-refractivity contribution in [3.8, 4) is 5.75 Å². The average Bonchev–Trinajstić information content (AvgIpc) is 2.71. The third-order valence-electron chi connectivity index (χ3n) is 4.40. The minimum absolute atomic E-state index is 0.0893. The molecule has 0 bridgehead atoms. The highest BCUT2D eigenvalue weighted by atomic mass is 16.6. The summed E-state index contributed by atoms with van der Waals surface area (Å²) in [5, 5.41) is 5.19. The van der Waals surface area contributed by atoms with Gasteiger partial charge in [0.1, 0.15) is 19.0 Å². The molecule has 0 saturated carbocycles. The number of benzene rings is 2. The first-order valence-electron chi connectivity index (χ1n) is 9.41. The molecule has 0 fully saturated rings. The molecule has 0 unspecified atom stereocenters. The van der Waals surface area contributed by atoms with Gasteiger partial charge in [0.05, 0.1) is 11.4 Å². The van der Waals surface area contributed by atoms with Crippen LogP contribution in [0.2, 0.25) is 0 Å². The maximum atomic E-state index is 12.6. The van der Waals surface area contributed by atoms with Gasteiger partial charge in [0.15, 0.2) is 5.69 Å². The Balaban J connectivity index is 1.73.